The number of nitrogens with zero attached hydrogens (tertiary/aromatic N) is 3. The van der Waals surface area contributed by atoms with E-state index in [1.54, 1.807) is 36.4 Å². The molecule has 1 N–H and O–H groups in total. The fourth-order valence-electron chi connectivity index (χ4n) is 2.41. The molecule has 1 aromatic heterocycles. The third-order valence-electron chi connectivity index (χ3n) is 3.86. The molecule has 29 heavy (non-hydrogen) atoms. The van der Waals surface area contributed by atoms with E-state index in [0.29, 0.717) is 11.3 Å². The molecule has 0 aliphatic carbocycles. The molecule has 6 nitrogen and oxygen atoms in total. The number of aromatic nitrogens is 1. The smallest absolute Gasteiger partial charge is 0.274 e. The SMILES string of the molecule is N#Cc1ccccc1COc1ccc(C=NNC(=O)c2cccnc2Cl)cc1Br. The number of pyridine rings is 1. The van der Waals surface area contributed by atoms with Crippen LogP contribution in [0.5, 0.6) is 5.75 Å². The number of carbonyl (C=O) groups excluding carboxylic acids is 1. The predicted molar refractivity (Wildman–Crippen MR) is 114 cm³/mol. The highest BCUT2D eigenvalue weighted by Crippen LogP contribution is 2.26. The second-order valence-electron chi connectivity index (χ2n) is 5.79. The van der Waals surface area contributed by atoms with Gasteiger partial charge in [0, 0.05) is 11.8 Å². The van der Waals surface area contributed by atoms with Crippen LogP contribution in [-0.4, -0.2) is 17.1 Å². The maximum atomic E-state index is 12.0. The van der Waals surface area contributed by atoms with Gasteiger partial charge in [-0.1, -0.05) is 29.8 Å². The first-order valence-electron chi connectivity index (χ1n) is 8.43. The number of hydrogen-bond donors (Lipinski definition) is 1. The Morgan fingerprint density at radius 2 is 2.10 bits per heavy atom. The number of rotatable bonds is 6. The molecular weight excluding hydrogens is 456 g/mol. The monoisotopic (exact) mass is 468 g/mol. The molecular formula is C21H14BrClN4O2. The van der Waals surface area contributed by atoms with E-state index in [9.17, 15) is 4.79 Å². The van der Waals surface area contributed by atoms with Crippen LogP contribution in [0.4, 0.5) is 0 Å². The molecule has 0 unspecified atom stereocenters. The largest absolute Gasteiger partial charge is 0.488 e. The van der Waals surface area contributed by atoms with Gasteiger partial charge in [-0.05, 0) is 57.9 Å². The summed E-state index contributed by atoms with van der Waals surface area (Å²) in [5, 5.41) is 13.2. The van der Waals surface area contributed by atoms with Crippen LogP contribution < -0.4 is 10.2 Å². The minimum atomic E-state index is -0.450. The van der Waals surface area contributed by atoms with Crippen LogP contribution in [-0.2, 0) is 6.61 Å². The summed E-state index contributed by atoms with van der Waals surface area (Å²) in [5.74, 6) is 0.176. The molecule has 0 atom stereocenters. The van der Waals surface area contributed by atoms with Crippen LogP contribution in [0.1, 0.15) is 27.0 Å². The van der Waals surface area contributed by atoms with E-state index >= 15 is 0 Å². The molecule has 0 saturated heterocycles. The first-order valence-corrected chi connectivity index (χ1v) is 9.60. The lowest BCUT2D eigenvalue weighted by atomic mass is 10.1. The Labute approximate surface area is 180 Å². The van der Waals surface area contributed by atoms with Gasteiger partial charge in [-0.3, -0.25) is 4.79 Å². The number of hydrogen-bond acceptors (Lipinski definition) is 5. The van der Waals surface area contributed by atoms with E-state index in [0.717, 1.165) is 15.6 Å². The normalized spacial score (nSPS) is 10.5. The Kier molecular flexibility index (Phi) is 6.95. The zero-order chi connectivity index (χ0) is 20.6. The Bertz CT molecular complexity index is 1110. The summed E-state index contributed by atoms with van der Waals surface area (Å²) in [7, 11) is 0. The highest BCUT2D eigenvalue weighted by Gasteiger charge is 2.09. The summed E-state index contributed by atoms with van der Waals surface area (Å²) < 4.78 is 6.52. The standard InChI is InChI=1S/C21H14BrClN4O2/c22-18-10-14(12-26-27-21(28)17-6-3-9-25-20(17)23)7-8-19(18)29-13-16-5-2-1-4-15(16)11-24/h1-10,12H,13H2,(H,27,28). The fraction of sp³-hybridized carbons (Fsp3) is 0.0476. The first-order chi connectivity index (χ1) is 14.1. The lowest BCUT2D eigenvalue weighted by molar-refractivity contribution is 0.0955. The lowest BCUT2D eigenvalue weighted by Gasteiger charge is -2.10. The summed E-state index contributed by atoms with van der Waals surface area (Å²) >= 11 is 9.34. The molecule has 0 aliphatic rings. The molecule has 2 aromatic carbocycles. The highest BCUT2D eigenvalue weighted by atomic mass is 79.9. The molecule has 0 bridgehead atoms. The first kappa shape index (κ1) is 20.5. The highest BCUT2D eigenvalue weighted by molar-refractivity contribution is 9.10. The number of carbonyl (C=O) groups is 1. The molecule has 3 rings (SSSR count). The summed E-state index contributed by atoms with van der Waals surface area (Å²) in [6, 6.07) is 18.0. The average Bonchev–Trinajstić information content (AvgIpc) is 2.73. The van der Waals surface area contributed by atoms with Crippen molar-refractivity contribution in [2.75, 3.05) is 0 Å². The molecule has 1 amide bonds. The van der Waals surface area contributed by atoms with Crippen LogP contribution >= 0.6 is 27.5 Å². The van der Waals surface area contributed by atoms with E-state index < -0.39 is 5.91 Å². The van der Waals surface area contributed by atoms with E-state index in [4.69, 9.17) is 21.6 Å². The van der Waals surface area contributed by atoms with E-state index in [1.807, 2.05) is 18.2 Å². The minimum Gasteiger partial charge on any atom is -0.488 e. The van der Waals surface area contributed by atoms with Crippen LogP contribution in [0.25, 0.3) is 0 Å². The topological polar surface area (TPSA) is 87.4 Å². The quantitative estimate of drug-likeness (QED) is 0.322. The van der Waals surface area contributed by atoms with Crippen molar-refractivity contribution in [1.29, 1.82) is 5.26 Å². The van der Waals surface area contributed by atoms with E-state index in [2.05, 4.69) is 37.5 Å². The van der Waals surface area contributed by atoms with Crippen molar-refractivity contribution in [3.8, 4) is 11.8 Å². The van der Waals surface area contributed by atoms with Gasteiger partial charge in [0.05, 0.1) is 27.9 Å². The fourth-order valence-corrected chi connectivity index (χ4v) is 3.12. The van der Waals surface area contributed by atoms with E-state index in [1.165, 1.54) is 12.4 Å². The minimum absolute atomic E-state index is 0.113. The second-order valence-corrected chi connectivity index (χ2v) is 7.00. The van der Waals surface area contributed by atoms with E-state index in [-0.39, 0.29) is 17.3 Å². The summed E-state index contributed by atoms with van der Waals surface area (Å²) in [4.78, 5) is 15.9. The maximum Gasteiger partial charge on any atom is 0.274 e. The van der Waals surface area contributed by atoms with Crippen LogP contribution in [0.3, 0.4) is 0 Å². The summed E-state index contributed by atoms with van der Waals surface area (Å²) in [6.07, 6.45) is 3.00. The van der Waals surface area contributed by atoms with Crippen LogP contribution in [0, 0.1) is 11.3 Å². The van der Waals surface area contributed by atoms with Crippen molar-refractivity contribution in [3.05, 3.63) is 92.7 Å². The molecule has 8 heteroatoms. The Morgan fingerprint density at radius 1 is 1.28 bits per heavy atom. The molecule has 0 fully saturated rings. The van der Waals surface area contributed by atoms with Crippen molar-refractivity contribution in [3.63, 3.8) is 0 Å². The molecule has 0 aliphatic heterocycles. The number of benzene rings is 2. The van der Waals surface area contributed by atoms with Gasteiger partial charge in [-0.25, -0.2) is 10.4 Å². The number of hydrazone groups is 1. The van der Waals surface area contributed by atoms with Crippen molar-refractivity contribution in [1.82, 2.24) is 10.4 Å². The third kappa shape index (κ3) is 5.41. The lowest BCUT2D eigenvalue weighted by Crippen LogP contribution is -2.18. The molecule has 144 valence electrons. The molecule has 0 saturated carbocycles. The molecule has 0 radical (unpaired) electrons. The van der Waals surface area contributed by atoms with Crippen LogP contribution in [0.15, 0.2) is 70.4 Å². The van der Waals surface area contributed by atoms with Gasteiger partial charge in [0.2, 0.25) is 0 Å². The van der Waals surface area contributed by atoms with Gasteiger partial charge < -0.3 is 4.74 Å². The van der Waals surface area contributed by atoms with Crippen LogP contribution in [0.2, 0.25) is 5.15 Å². The predicted octanol–water partition coefficient (Wildman–Crippen LogP) is 4.71. The van der Waals surface area contributed by atoms with Crippen molar-refractivity contribution in [2.24, 2.45) is 5.10 Å². The Hall–Kier alpha value is -3.21. The van der Waals surface area contributed by atoms with Gasteiger partial charge >= 0.3 is 0 Å². The Morgan fingerprint density at radius 3 is 2.86 bits per heavy atom. The van der Waals surface area contributed by atoms with Gasteiger partial charge in [-0.15, -0.1) is 0 Å². The van der Waals surface area contributed by atoms with Crippen molar-refractivity contribution in [2.45, 2.75) is 6.61 Å². The van der Waals surface area contributed by atoms with Gasteiger partial charge in [-0.2, -0.15) is 10.4 Å². The Balaban J connectivity index is 1.62. The van der Waals surface area contributed by atoms with Gasteiger partial charge in [0.15, 0.2) is 0 Å². The van der Waals surface area contributed by atoms with Gasteiger partial charge in [0.25, 0.3) is 5.91 Å². The number of amides is 1. The molecule has 0 spiro atoms. The number of ether oxygens (including phenoxy) is 1. The molecule has 3 aromatic rings. The number of nitrogens with one attached hydrogen (secondary N) is 1. The third-order valence-corrected chi connectivity index (χ3v) is 4.78. The maximum absolute atomic E-state index is 12.0. The molecule has 1 heterocycles. The van der Waals surface area contributed by atoms with Gasteiger partial charge in [0.1, 0.15) is 17.5 Å². The average molecular weight is 470 g/mol. The summed E-state index contributed by atoms with van der Waals surface area (Å²) in [6.45, 7) is 0.275. The zero-order valence-corrected chi connectivity index (χ0v) is 17.3. The second kappa shape index (κ2) is 9.82. The van der Waals surface area contributed by atoms with Crippen molar-refractivity contribution >= 4 is 39.7 Å². The van der Waals surface area contributed by atoms with Crippen molar-refractivity contribution < 1.29 is 9.53 Å². The zero-order valence-electron chi connectivity index (χ0n) is 15.0. The number of halogens is 2. The number of nitriles is 1. The summed E-state index contributed by atoms with van der Waals surface area (Å²) in [5.41, 5.74) is 4.79.